The summed E-state index contributed by atoms with van der Waals surface area (Å²) in [7, 11) is 0. The number of hydrogen-bond donors (Lipinski definition) is 1. The third-order valence-corrected chi connectivity index (χ3v) is 3.63. The topological polar surface area (TPSA) is 54.9 Å². The normalized spacial score (nSPS) is 12.0. The van der Waals surface area contributed by atoms with Crippen LogP contribution in [0, 0.1) is 0 Å². The summed E-state index contributed by atoms with van der Waals surface area (Å²) >= 11 is 17.6. The molecule has 1 unspecified atom stereocenters. The van der Waals surface area contributed by atoms with E-state index in [-0.39, 0.29) is 27.8 Å². The van der Waals surface area contributed by atoms with E-state index in [1.807, 2.05) is 25.1 Å². The number of rotatable bonds is 4. The zero-order valence-corrected chi connectivity index (χ0v) is 13.4. The standard InChI is InChI=1S/C14H12Cl3N3O/c1-2-11(8-4-3-5-9(15)6-8)18-14(21)10-7-12(16)19-20-13(10)17/h3-7,11H,2H2,1H3,(H,18,21). The van der Waals surface area contributed by atoms with Gasteiger partial charge in [-0.2, -0.15) is 0 Å². The molecule has 7 heteroatoms. The molecule has 0 saturated carbocycles. The highest BCUT2D eigenvalue weighted by Crippen LogP contribution is 2.22. The molecule has 2 aromatic rings. The largest absolute Gasteiger partial charge is 0.345 e. The quantitative estimate of drug-likeness (QED) is 0.898. The number of aromatic nitrogens is 2. The summed E-state index contributed by atoms with van der Waals surface area (Å²) in [6.07, 6.45) is 0.704. The lowest BCUT2D eigenvalue weighted by atomic mass is 10.0. The van der Waals surface area contributed by atoms with Crippen LogP contribution in [0.3, 0.4) is 0 Å². The highest BCUT2D eigenvalue weighted by Gasteiger charge is 2.18. The Morgan fingerprint density at radius 3 is 2.67 bits per heavy atom. The van der Waals surface area contributed by atoms with E-state index in [0.29, 0.717) is 11.4 Å². The van der Waals surface area contributed by atoms with Crippen LogP contribution in [0.1, 0.15) is 35.3 Å². The monoisotopic (exact) mass is 343 g/mol. The van der Waals surface area contributed by atoms with Crippen molar-refractivity contribution in [2.75, 3.05) is 0 Å². The average Bonchev–Trinajstić information content (AvgIpc) is 2.47. The first kappa shape index (κ1) is 16.0. The van der Waals surface area contributed by atoms with Crippen LogP contribution in [-0.2, 0) is 0 Å². The van der Waals surface area contributed by atoms with Crippen molar-refractivity contribution >= 4 is 40.7 Å². The molecule has 1 N–H and O–H groups in total. The molecule has 0 aliphatic carbocycles. The van der Waals surface area contributed by atoms with Crippen molar-refractivity contribution in [2.24, 2.45) is 0 Å². The Hall–Kier alpha value is -1.36. The van der Waals surface area contributed by atoms with Gasteiger partial charge in [-0.05, 0) is 30.2 Å². The van der Waals surface area contributed by atoms with Gasteiger partial charge in [-0.25, -0.2) is 0 Å². The Bertz CT molecular complexity index is 664. The number of hydrogen-bond acceptors (Lipinski definition) is 3. The zero-order chi connectivity index (χ0) is 15.4. The van der Waals surface area contributed by atoms with Crippen LogP contribution in [0.5, 0.6) is 0 Å². The van der Waals surface area contributed by atoms with E-state index in [4.69, 9.17) is 34.8 Å². The van der Waals surface area contributed by atoms with Gasteiger partial charge in [-0.3, -0.25) is 4.79 Å². The van der Waals surface area contributed by atoms with Gasteiger partial charge in [-0.15, -0.1) is 10.2 Å². The summed E-state index contributed by atoms with van der Waals surface area (Å²) in [5.74, 6) is -0.358. The van der Waals surface area contributed by atoms with Crippen molar-refractivity contribution in [1.82, 2.24) is 15.5 Å². The van der Waals surface area contributed by atoms with Gasteiger partial charge in [-0.1, -0.05) is 53.9 Å². The van der Waals surface area contributed by atoms with Crippen LogP contribution < -0.4 is 5.32 Å². The Balaban J connectivity index is 2.22. The summed E-state index contributed by atoms with van der Waals surface area (Å²) in [6.45, 7) is 1.96. The first-order valence-corrected chi connectivity index (χ1v) is 7.39. The van der Waals surface area contributed by atoms with Crippen molar-refractivity contribution in [1.29, 1.82) is 0 Å². The van der Waals surface area contributed by atoms with E-state index in [0.717, 1.165) is 5.56 Å². The summed E-state index contributed by atoms with van der Waals surface area (Å²) in [5.41, 5.74) is 1.11. The predicted molar refractivity (Wildman–Crippen MR) is 84.0 cm³/mol. The van der Waals surface area contributed by atoms with Crippen LogP contribution in [0.4, 0.5) is 0 Å². The SMILES string of the molecule is CCC(NC(=O)c1cc(Cl)nnc1Cl)c1cccc(Cl)c1. The van der Waals surface area contributed by atoms with Gasteiger partial charge < -0.3 is 5.32 Å². The van der Waals surface area contributed by atoms with Crippen molar-refractivity contribution in [3.05, 3.63) is 56.8 Å². The highest BCUT2D eigenvalue weighted by molar-refractivity contribution is 6.34. The lowest BCUT2D eigenvalue weighted by molar-refractivity contribution is 0.0935. The second kappa shape index (κ2) is 7.07. The van der Waals surface area contributed by atoms with Crippen molar-refractivity contribution in [3.8, 4) is 0 Å². The van der Waals surface area contributed by atoms with Crippen LogP contribution in [0.25, 0.3) is 0 Å². The number of nitrogens with one attached hydrogen (secondary N) is 1. The third-order valence-electron chi connectivity index (χ3n) is 2.93. The number of halogens is 3. The number of amides is 1. The molecule has 0 aliphatic heterocycles. The van der Waals surface area contributed by atoms with Crippen LogP contribution in [-0.4, -0.2) is 16.1 Å². The smallest absolute Gasteiger partial charge is 0.255 e. The molecule has 0 bridgehead atoms. The predicted octanol–water partition coefficient (Wildman–Crippen LogP) is 4.32. The zero-order valence-electron chi connectivity index (χ0n) is 11.1. The molecule has 0 spiro atoms. The minimum Gasteiger partial charge on any atom is -0.345 e. The van der Waals surface area contributed by atoms with E-state index in [1.165, 1.54) is 6.07 Å². The fourth-order valence-electron chi connectivity index (χ4n) is 1.89. The molecule has 0 aliphatic rings. The van der Waals surface area contributed by atoms with Gasteiger partial charge in [0.1, 0.15) is 0 Å². The lowest BCUT2D eigenvalue weighted by Crippen LogP contribution is -2.28. The first-order chi connectivity index (χ1) is 10.0. The first-order valence-electron chi connectivity index (χ1n) is 6.26. The van der Waals surface area contributed by atoms with Crippen LogP contribution in [0.15, 0.2) is 30.3 Å². The maximum absolute atomic E-state index is 12.3. The maximum Gasteiger partial charge on any atom is 0.255 e. The van der Waals surface area contributed by atoms with E-state index in [2.05, 4.69) is 15.5 Å². The third kappa shape index (κ3) is 4.06. The fourth-order valence-corrected chi connectivity index (χ4v) is 2.42. The minimum atomic E-state index is -0.358. The number of benzene rings is 1. The molecular formula is C14H12Cl3N3O. The second-order valence-corrected chi connectivity index (χ2v) is 5.54. The van der Waals surface area contributed by atoms with E-state index in [9.17, 15) is 4.79 Å². The number of carbonyl (C=O) groups excluding carboxylic acids is 1. The van der Waals surface area contributed by atoms with Gasteiger partial charge in [0, 0.05) is 5.02 Å². The molecule has 1 atom stereocenters. The van der Waals surface area contributed by atoms with E-state index < -0.39 is 0 Å². The molecule has 1 amide bonds. The molecule has 0 fully saturated rings. The van der Waals surface area contributed by atoms with Gasteiger partial charge >= 0.3 is 0 Å². The average molecular weight is 345 g/mol. The Morgan fingerprint density at radius 1 is 1.24 bits per heavy atom. The molecule has 1 aromatic carbocycles. The molecule has 0 radical (unpaired) electrons. The van der Waals surface area contributed by atoms with Gasteiger partial charge in [0.05, 0.1) is 11.6 Å². The van der Waals surface area contributed by atoms with E-state index >= 15 is 0 Å². The molecule has 110 valence electrons. The summed E-state index contributed by atoms with van der Waals surface area (Å²) in [6, 6.07) is 8.54. The number of carbonyl (C=O) groups is 1. The molecule has 2 rings (SSSR count). The van der Waals surface area contributed by atoms with Crippen LogP contribution in [0.2, 0.25) is 15.3 Å². The molecule has 4 nitrogen and oxygen atoms in total. The summed E-state index contributed by atoms with van der Waals surface area (Å²) in [5, 5.41) is 10.8. The molecule has 1 aromatic heterocycles. The van der Waals surface area contributed by atoms with Gasteiger partial charge in [0.15, 0.2) is 10.3 Å². The second-order valence-electron chi connectivity index (χ2n) is 4.36. The van der Waals surface area contributed by atoms with Crippen molar-refractivity contribution in [3.63, 3.8) is 0 Å². The minimum absolute atomic E-state index is 0.0119. The summed E-state index contributed by atoms with van der Waals surface area (Å²) < 4.78 is 0. The summed E-state index contributed by atoms with van der Waals surface area (Å²) in [4.78, 5) is 12.3. The Labute approximate surface area is 137 Å². The fraction of sp³-hybridized carbons (Fsp3) is 0.214. The van der Waals surface area contributed by atoms with E-state index in [1.54, 1.807) is 6.07 Å². The Kier molecular flexibility index (Phi) is 5.39. The maximum atomic E-state index is 12.3. The van der Waals surface area contributed by atoms with Crippen LogP contribution >= 0.6 is 34.8 Å². The molecule has 21 heavy (non-hydrogen) atoms. The molecule has 1 heterocycles. The molecule has 0 saturated heterocycles. The Morgan fingerprint density at radius 2 is 2.00 bits per heavy atom. The number of nitrogens with zero attached hydrogens (tertiary/aromatic N) is 2. The van der Waals surface area contributed by atoms with Crippen molar-refractivity contribution in [2.45, 2.75) is 19.4 Å². The van der Waals surface area contributed by atoms with Crippen molar-refractivity contribution < 1.29 is 4.79 Å². The molecular weight excluding hydrogens is 333 g/mol. The highest BCUT2D eigenvalue weighted by atomic mass is 35.5. The van der Waals surface area contributed by atoms with Gasteiger partial charge in [0.2, 0.25) is 0 Å². The van der Waals surface area contributed by atoms with Gasteiger partial charge in [0.25, 0.3) is 5.91 Å². The lowest BCUT2D eigenvalue weighted by Gasteiger charge is -2.18.